The first-order valence-corrected chi connectivity index (χ1v) is 9.45. The number of benzene rings is 1. The van der Waals surface area contributed by atoms with Crippen LogP contribution in [-0.4, -0.2) is 38.1 Å². The highest BCUT2D eigenvalue weighted by Crippen LogP contribution is 2.18. The molecule has 0 unspecified atom stereocenters. The van der Waals surface area contributed by atoms with Gasteiger partial charge in [-0.2, -0.15) is 0 Å². The molecule has 0 spiro atoms. The fraction of sp³-hybridized carbons (Fsp3) is 0.533. The zero-order chi connectivity index (χ0) is 16.9. The standard InChI is InChI=1S/C15H21ClN2O4S/c16-11-2-1-3-14(10-11)23(21,22)17-9-8-15(20)18-12-4-6-13(19)7-5-12/h1-3,10,12-13,17,19H,4-9H2,(H,18,20). The van der Waals surface area contributed by atoms with E-state index in [2.05, 4.69) is 10.0 Å². The summed E-state index contributed by atoms with van der Waals surface area (Å²) in [7, 11) is -3.67. The first kappa shape index (κ1) is 18.2. The van der Waals surface area contributed by atoms with Crippen LogP contribution in [0.3, 0.4) is 0 Å². The summed E-state index contributed by atoms with van der Waals surface area (Å²) in [5, 5.41) is 12.6. The van der Waals surface area contributed by atoms with E-state index in [1.54, 1.807) is 12.1 Å². The number of rotatable bonds is 6. The summed E-state index contributed by atoms with van der Waals surface area (Å²) in [5.41, 5.74) is 0. The van der Waals surface area contributed by atoms with Crippen LogP contribution < -0.4 is 10.0 Å². The van der Waals surface area contributed by atoms with Crippen molar-refractivity contribution >= 4 is 27.5 Å². The number of amides is 1. The van der Waals surface area contributed by atoms with E-state index in [9.17, 15) is 18.3 Å². The third-order valence-electron chi connectivity index (χ3n) is 3.81. The fourth-order valence-corrected chi connectivity index (χ4v) is 3.87. The van der Waals surface area contributed by atoms with Crippen LogP contribution in [0.5, 0.6) is 0 Å². The van der Waals surface area contributed by atoms with Gasteiger partial charge in [0.2, 0.25) is 15.9 Å². The van der Waals surface area contributed by atoms with Gasteiger partial charge in [-0.3, -0.25) is 4.79 Å². The average molecular weight is 361 g/mol. The molecular formula is C15H21ClN2O4S. The summed E-state index contributed by atoms with van der Waals surface area (Å²) in [5.74, 6) is -0.194. The first-order chi connectivity index (χ1) is 10.9. The normalized spacial score (nSPS) is 21.8. The molecule has 1 aromatic rings. The molecule has 23 heavy (non-hydrogen) atoms. The Morgan fingerprint density at radius 3 is 2.61 bits per heavy atom. The summed E-state index contributed by atoms with van der Waals surface area (Å²) in [6.45, 7) is 0.0238. The maximum atomic E-state index is 12.1. The number of aliphatic hydroxyl groups is 1. The number of aliphatic hydroxyl groups excluding tert-OH is 1. The van der Waals surface area contributed by atoms with Crippen molar-refractivity contribution in [1.82, 2.24) is 10.0 Å². The number of halogens is 1. The number of nitrogens with one attached hydrogen (secondary N) is 2. The molecule has 1 amide bonds. The molecule has 2 rings (SSSR count). The molecule has 1 aromatic carbocycles. The molecule has 1 fully saturated rings. The largest absolute Gasteiger partial charge is 0.393 e. The van der Waals surface area contributed by atoms with E-state index >= 15 is 0 Å². The lowest BCUT2D eigenvalue weighted by Gasteiger charge is -2.26. The predicted octanol–water partition coefficient (Wildman–Crippen LogP) is 1.43. The second kappa shape index (κ2) is 8.10. The minimum absolute atomic E-state index is 0.0238. The number of sulfonamides is 1. The Kier molecular flexibility index (Phi) is 6.41. The molecule has 8 heteroatoms. The van der Waals surface area contributed by atoms with Gasteiger partial charge >= 0.3 is 0 Å². The highest BCUT2D eigenvalue weighted by Gasteiger charge is 2.21. The van der Waals surface area contributed by atoms with Crippen molar-refractivity contribution in [3.05, 3.63) is 29.3 Å². The zero-order valence-electron chi connectivity index (χ0n) is 12.7. The van der Waals surface area contributed by atoms with Crippen molar-refractivity contribution in [2.24, 2.45) is 0 Å². The summed E-state index contributed by atoms with van der Waals surface area (Å²) in [4.78, 5) is 11.9. The molecule has 0 saturated heterocycles. The van der Waals surface area contributed by atoms with Gasteiger partial charge in [0.25, 0.3) is 0 Å². The van der Waals surface area contributed by atoms with Crippen LogP contribution in [0.15, 0.2) is 29.2 Å². The Bertz CT molecular complexity index is 643. The highest BCUT2D eigenvalue weighted by atomic mass is 35.5. The van der Waals surface area contributed by atoms with Crippen LogP contribution >= 0.6 is 11.6 Å². The highest BCUT2D eigenvalue weighted by molar-refractivity contribution is 7.89. The molecule has 0 heterocycles. The molecule has 0 radical (unpaired) electrons. The Labute approximate surface area is 141 Å². The van der Waals surface area contributed by atoms with Gasteiger partial charge < -0.3 is 10.4 Å². The van der Waals surface area contributed by atoms with Gasteiger partial charge in [0.1, 0.15) is 0 Å². The van der Waals surface area contributed by atoms with Crippen molar-refractivity contribution in [3.8, 4) is 0 Å². The lowest BCUT2D eigenvalue weighted by atomic mass is 9.93. The van der Waals surface area contributed by atoms with E-state index in [1.807, 2.05) is 0 Å². The second-order valence-electron chi connectivity index (χ2n) is 5.68. The molecule has 6 nitrogen and oxygen atoms in total. The summed E-state index contributed by atoms with van der Waals surface area (Å²) >= 11 is 5.78. The van der Waals surface area contributed by atoms with E-state index in [4.69, 9.17) is 11.6 Å². The van der Waals surface area contributed by atoms with Crippen LogP contribution in [0, 0.1) is 0 Å². The number of hydrogen-bond acceptors (Lipinski definition) is 4. The van der Waals surface area contributed by atoms with Crippen LogP contribution in [0.2, 0.25) is 5.02 Å². The monoisotopic (exact) mass is 360 g/mol. The number of carbonyl (C=O) groups is 1. The molecular weight excluding hydrogens is 340 g/mol. The van der Waals surface area contributed by atoms with Crippen LogP contribution in [0.25, 0.3) is 0 Å². The Morgan fingerprint density at radius 1 is 1.26 bits per heavy atom. The van der Waals surface area contributed by atoms with Crippen molar-refractivity contribution in [3.63, 3.8) is 0 Å². The molecule has 1 aliphatic carbocycles. The van der Waals surface area contributed by atoms with Crippen LogP contribution in [0.4, 0.5) is 0 Å². The quantitative estimate of drug-likeness (QED) is 0.715. The van der Waals surface area contributed by atoms with Gasteiger partial charge in [0.05, 0.1) is 11.0 Å². The molecule has 0 atom stereocenters. The van der Waals surface area contributed by atoms with Crippen LogP contribution in [0.1, 0.15) is 32.1 Å². The third kappa shape index (κ3) is 5.76. The molecule has 1 saturated carbocycles. The average Bonchev–Trinajstić information content (AvgIpc) is 2.49. The second-order valence-corrected chi connectivity index (χ2v) is 7.88. The zero-order valence-corrected chi connectivity index (χ0v) is 14.2. The van der Waals surface area contributed by atoms with Gasteiger partial charge in [0, 0.05) is 24.0 Å². The minimum Gasteiger partial charge on any atom is -0.393 e. The van der Waals surface area contributed by atoms with Crippen molar-refractivity contribution in [2.45, 2.75) is 49.1 Å². The SMILES string of the molecule is O=C(CCNS(=O)(=O)c1cccc(Cl)c1)NC1CCC(O)CC1. The molecule has 1 aliphatic rings. The first-order valence-electron chi connectivity index (χ1n) is 7.59. The lowest BCUT2D eigenvalue weighted by Crippen LogP contribution is -2.40. The van der Waals surface area contributed by atoms with Crippen LogP contribution in [-0.2, 0) is 14.8 Å². The van der Waals surface area contributed by atoms with E-state index in [0.717, 1.165) is 12.8 Å². The van der Waals surface area contributed by atoms with Gasteiger partial charge in [-0.05, 0) is 43.9 Å². The molecule has 0 aromatic heterocycles. The van der Waals surface area contributed by atoms with Crippen molar-refractivity contribution in [1.29, 1.82) is 0 Å². The van der Waals surface area contributed by atoms with Gasteiger partial charge in [-0.1, -0.05) is 17.7 Å². The summed E-state index contributed by atoms with van der Waals surface area (Å²) in [6.07, 6.45) is 2.67. The smallest absolute Gasteiger partial charge is 0.240 e. The Balaban J connectivity index is 1.76. The topological polar surface area (TPSA) is 95.5 Å². The fourth-order valence-electron chi connectivity index (χ4n) is 2.54. The summed E-state index contributed by atoms with van der Waals surface area (Å²) in [6, 6.07) is 6.02. The lowest BCUT2D eigenvalue weighted by molar-refractivity contribution is -0.122. The van der Waals surface area contributed by atoms with E-state index in [1.165, 1.54) is 12.1 Å². The summed E-state index contributed by atoms with van der Waals surface area (Å²) < 4.78 is 26.5. The maximum absolute atomic E-state index is 12.1. The van der Waals surface area contributed by atoms with E-state index in [-0.39, 0.29) is 35.9 Å². The number of hydrogen-bond donors (Lipinski definition) is 3. The van der Waals surface area contributed by atoms with E-state index in [0.29, 0.717) is 17.9 Å². The minimum atomic E-state index is -3.67. The predicted molar refractivity (Wildman–Crippen MR) is 87.7 cm³/mol. The van der Waals surface area contributed by atoms with E-state index < -0.39 is 10.0 Å². The maximum Gasteiger partial charge on any atom is 0.240 e. The Morgan fingerprint density at radius 2 is 1.96 bits per heavy atom. The third-order valence-corrected chi connectivity index (χ3v) is 5.51. The van der Waals surface area contributed by atoms with Gasteiger partial charge in [-0.25, -0.2) is 13.1 Å². The van der Waals surface area contributed by atoms with Crippen molar-refractivity contribution < 1.29 is 18.3 Å². The molecule has 0 bridgehead atoms. The van der Waals surface area contributed by atoms with Crippen molar-refractivity contribution in [2.75, 3.05) is 6.54 Å². The molecule has 128 valence electrons. The molecule has 0 aliphatic heterocycles. The Hall–Kier alpha value is -1.15. The van der Waals surface area contributed by atoms with Gasteiger partial charge in [-0.15, -0.1) is 0 Å². The molecule has 3 N–H and O–H groups in total. The van der Waals surface area contributed by atoms with Gasteiger partial charge in [0.15, 0.2) is 0 Å². The number of carbonyl (C=O) groups excluding carboxylic acids is 1.